The number of pyridine rings is 1. The van der Waals surface area contributed by atoms with Crippen LogP contribution < -0.4 is 4.74 Å². The molecule has 0 N–H and O–H groups in total. The van der Waals surface area contributed by atoms with Gasteiger partial charge in [0, 0.05) is 27.6 Å². The Labute approximate surface area is 171 Å². The lowest BCUT2D eigenvalue weighted by molar-refractivity contribution is 0.415. The highest BCUT2D eigenvalue weighted by atomic mass is 35.5. The summed E-state index contributed by atoms with van der Waals surface area (Å²) in [6.45, 7) is 0. The second-order valence-electron chi connectivity index (χ2n) is 6.65. The molecule has 0 aliphatic heterocycles. The van der Waals surface area contributed by atoms with E-state index in [1.807, 2.05) is 47.1 Å². The molecular weight excluding hydrogens is 389 g/mol. The lowest BCUT2D eigenvalue weighted by Gasteiger charge is -2.07. The van der Waals surface area contributed by atoms with Crippen LogP contribution in [0.15, 0.2) is 72.9 Å². The number of nitrogens with zero attached hydrogens (tertiary/aromatic N) is 3. The van der Waals surface area contributed by atoms with Gasteiger partial charge in [0.1, 0.15) is 17.3 Å². The molecule has 3 aromatic carbocycles. The molecule has 0 aliphatic carbocycles. The Kier molecular flexibility index (Phi) is 4.18. The Morgan fingerprint density at radius 1 is 0.966 bits per heavy atom. The fourth-order valence-electron chi connectivity index (χ4n) is 3.51. The average Bonchev–Trinajstić information content (AvgIpc) is 3.14. The summed E-state index contributed by atoms with van der Waals surface area (Å²) in [5.41, 5.74) is 4.06. The van der Waals surface area contributed by atoms with Crippen LogP contribution in [0.25, 0.3) is 38.8 Å². The summed E-state index contributed by atoms with van der Waals surface area (Å²) in [5.74, 6) is 0.439. The third-order valence-corrected chi connectivity index (χ3v) is 5.12. The second-order valence-corrected chi connectivity index (χ2v) is 7.09. The van der Waals surface area contributed by atoms with Gasteiger partial charge in [0.15, 0.2) is 0 Å². The number of aromatic nitrogens is 3. The molecule has 2 heterocycles. The molecule has 0 amide bonds. The molecule has 0 radical (unpaired) electrons. The third kappa shape index (κ3) is 3.00. The lowest BCUT2D eigenvalue weighted by atomic mass is 10.1. The minimum Gasteiger partial charge on any atom is -0.497 e. The van der Waals surface area contributed by atoms with E-state index in [1.165, 1.54) is 12.1 Å². The maximum Gasteiger partial charge on any atom is 0.123 e. The van der Waals surface area contributed by atoms with Crippen molar-refractivity contribution in [2.24, 2.45) is 0 Å². The smallest absolute Gasteiger partial charge is 0.123 e. The molecule has 0 fully saturated rings. The van der Waals surface area contributed by atoms with Crippen molar-refractivity contribution in [1.29, 1.82) is 0 Å². The quantitative estimate of drug-likeness (QED) is 0.368. The Bertz CT molecular complexity index is 1360. The Morgan fingerprint density at radius 2 is 1.79 bits per heavy atom. The van der Waals surface area contributed by atoms with Crippen LogP contribution >= 0.6 is 11.6 Å². The summed E-state index contributed by atoms with van der Waals surface area (Å²) < 4.78 is 20.7. The number of halogens is 2. The zero-order valence-corrected chi connectivity index (χ0v) is 16.2. The summed E-state index contributed by atoms with van der Waals surface area (Å²) in [4.78, 5) is 4.60. The van der Waals surface area contributed by atoms with Gasteiger partial charge in [-0.1, -0.05) is 17.7 Å². The van der Waals surface area contributed by atoms with Crippen molar-refractivity contribution in [3.05, 3.63) is 83.8 Å². The fourth-order valence-corrected chi connectivity index (χ4v) is 3.69. The van der Waals surface area contributed by atoms with Gasteiger partial charge >= 0.3 is 0 Å². The van der Waals surface area contributed by atoms with Crippen LogP contribution in [0, 0.1) is 5.82 Å². The highest BCUT2D eigenvalue weighted by molar-refractivity contribution is 6.30. The molecule has 6 heteroatoms. The van der Waals surface area contributed by atoms with Crippen LogP contribution in [0.5, 0.6) is 5.75 Å². The number of ether oxygens (including phenoxy) is 1. The van der Waals surface area contributed by atoms with Gasteiger partial charge in [-0.05, 0) is 60.7 Å². The van der Waals surface area contributed by atoms with Gasteiger partial charge < -0.3 is 4.74 Å². The van der Waals surface area contributed by atoms with E-state index in [0.717, 1.165) is 44.5 Å². The van der Waals surface area contributed by atoms with Gasteiger partial charge in [-0.2, -0.15) is 5.10 Å². The van der Waals surface area contributed by atoms with Crippen molar-refractivity contribution in [2.45, 2.75) is 0 Å². The predicted molar refractivity (Wildman–Crippen MR) is 113 cm³/mol. The second kappa shape index (κ2) is 6.87. The number of fused-ring (bicyclic) bond motifs is 3. The van der Waals surface area contributed by atoms with Crippen molar-refractivity contribution in [3.8, 4) is 22.7 Å². The minimum atomic E-state index is -0.291. The molecule has 0 saturated heterocycles. The van der Waals surface area contributed by atoms with E-state index in [4.69, 9.17) is 21.4 Å². The number of rotatable bonds is 3. The molecule has 0 atom stereocenters. The standard InChI is InChI=1S/C23H15ClFN3O/c1-29-18-9-10-21-19(12-18)23-20(13-26-21)22(14-5-7-16(25)8-6-14)27-28(23)17-4-2-3-15(24)11-17/h2-13H,1H3. The maximum atomic E-state index is 13.5. The summed E-state index contributed by atoms with van der Waals surface area (Å²) >= 11 is 6.24. The van der Waals surface area contributed by atoms with E-state index in [1.54, 1.807) is 25.4 Å². The van der Waals surface area contributed by atoms with Crippen LogP contribution in [0.2, 0.25) is 5.02 Å². The highest BCUT2D eigenvalue weighted by Crippen LogP contribution is 2.35. The molecule has 29 heavy (non-hydrogen) atoms. The van der Waals surface area contributed by atoms with Gasteiger partial charge in [0.05, 0.1) is 23.8 Å². The van der Waals surface area contributed by atoms with Gasteiger partial charge in [0.2, 0.25) is 0 Å². The third-order valence-electron chi connectivity index (χ3n) is 4.88. The van der Waals surface area contributed by atoms with E-state index >= 15 is 0 Å². The maximum absolute atomic E-state index is 13.5. The molecule has 5 rings (SSSR count). The molecule has 4 nitrogen and oxygen atoms in total. The first-order chi connectivity index (χ1) is 14.1. The molecule has 5 aromatic rings. The van der Waals surface area contributed by atoms with Crippen molar-refractivity contribution in [3.63, 3.8) is 0 Å². The molecule has 0 spiro atoms. The van der Waals surface area contributed by atoms with Gasteiger partial charge in [-0.3, -0.25) is 4.98 Å². The molecule has 0 aliphatic rings. The Morgan fingerprint density at radius 3 is 2.55 bits per heavy atom. The lowest BCUT2D eigenvalue weighted by Crippen LogP contribution is -1.97. The molecule has 142 valence electrons. The number of methoxy groups -OCH3 is 1. The van der Waals surface area contributed by atoms with Crippen LogP contribution in [0.4, 0.5) is 4.39 Å². The van der Waals surface area contributed by atoms with Crippen molar-refractivity contribution >= 4 is 33.4 Å². The largest absolute Gasteiger partial charge is 0.497 e. The van der Waals surface area contributed by atoms with Crippen molar-refractivity contribution < 1.29 is 9.13 Å². The topological polar surface area (TPSA) is 39.9 Å². The van der Waals surface area contributed by atoms with Gasteiger partial charge in [0.25, 0.3) is 0 Å². The highest BCUT2D eigenvalue weighted by Gasteiger charge is 2.18. The summed E-state index contributed by atoms with van der Waals surface area (Å²) in [7, 11) is 1.63. The molecule has 2 aromatic heterocycles. The first-order valence-corrected chi connectivity index (χ1v) is 9.39. The van der Waals surface area contributed by atoms with Crippen LogP contribution in [-0.2, 0) is 0 Å². The summed E-state index contributed by atoms with van der Waals surface area (Å²) in [6.07, 6.45) is 1.80. The van der Waals surface area contributed by atoms with E-state index in [2.05, 4.69) is 4.98 Å². The van der Waals surface area contributed by atoms with E-state index in [9.17, 15) is 4.39 Å². The minimum absolute atomic E-state index is 0.291. The zero-order valence-electron chi connectivity index (χ0n) is 15.4. The summed E-state index contributed by atoms with van der Waals surface area (Å²) in [5, 5.41) is 7.24. The average molecular weight is 404 g/mol. The Balaban J connectivity index is 1.90. The predicted octanol–water partition coefficient (Wildman–Crippen LogP) is 6.04. The fraction of sp³-hybridized carbons (Fsp3) is 0.0435. The summed E-state index contributed by atoms with van der Waals surface area (Å²) in [6, 6.07) is 19.5. The molecule has 0 saturated carbocycles. The van der Waals surface area contributed by atoms with Gasteiger partial charge in [-0.15, -0.1) is 0 Å². The van der Waals surface area contributed by atoms with Crippen LogP contribution in [-0.4, -0.2) is 21.9 Å². The van der Waals surface area contributed by atoms with Crippen LogP contribution in [0.1, 0.15) is 0 Å². The Hall–Kier alpha value is -3.44. The van der Waals surface area contributed by atoms with E-state index in [0.29, 0.717) is 5.02 Å². The first-order valence-electron chi connectivity index (χ1n) is 9.01. The monoisotopic (exact) mass is 403 g/mol. The number of benzene rings is 3. The van der Waals surface area contributed by atoms with Gasteiger partial charge in [-0.25, -0.2) is 9.07 Å². The normalized spacial score (nSPS) is 11.3. The first kappa shape index (κ1) is 17.6. The van der Waals surface area contributed by atoms with Crippen LogP contribution in [0.3, 0.4) is 0 Å². The number of hydrogen-bond acceptors (Lipinski definition) is 3. The van der Waals surface area contributed by atoms with E-state index in [-0.39, 0.29) is 5.82 Å². The van der Waals surface area contributed by atoms with E-state index < -0.39 is 0 Å². The van der Waals surface area contributed by atoms with Crippen molar-refractivity contribution in [1.82, 2.24) is 14.8 Å². The molecule has 0 unspecified atom stereocenters. The van der Waals surface area contributed by atoms with Crippen molar-refractivity contribution in [2.75, 3.05) is 7.11 Å². The zero-order chi connectivity index (χ0) is 20.0. The number of hydrogen-bond donors (Lipinski definition) is 0. The molecular formula is C23H15ClFN3O. The SMILES string of the molecule is COc1ccc2ncc3c(-c4ccc(F)cc4)nn(-c4cccc(Cl)c4)c3c2c1. The molecule has 0 bridgehead atoms.